The summed E-state index contributed by atoms with van der Waals surface area (Å²) in [6.07, 6.45) is 0. The molecule has 1 aromatic heterocycles. The summed E-state index contributed by atoms with van der Waals surface area (Å²) in [5.74, 6) is -0.0537. The highest BCUT2D eigenvalue weighted by Crippen LogP contribution is 2.35. The Bertz CT molecular complexity index is 594. The van der Waals surface area contributed by atoms with E-state index in [9.17, 15) is 4.79 Å². The zero-order valence-electron chi connectivity index (χ0n) is 8.14. The van der Waals surface area contributed by atoms with Gasteiger partial charge >= 0.3 is 0 Å². The van der Waals surface area contributed by atoms with Crippen molar-refractivity contribution in [2.24, 2.45) is 0 Å². The van der Waals surface area contributed by atoms with E-state index < -0.39 is 0 Å². The standard InChI is InChI=1S/C11H4Br3ClOS/c12-7-2-1-5(15)3-6(7)10(16)11-9(14)8(13)4-17-11/h1-4H. The molecule has 0 spiro atoms. The molecule has 0 bridgehead atoms. The van der Waals surface area contributed by atoms with E-state index in [0.717, 1.165) is 13.4 Å². The molecule has 0 aliphatic carbocycles. The first-order valence-corrected chi connectivity index (χ1v) is 8.06. The van der Waals surface area contributed by atoms with E-state index in [1.807, 2.05) is 5.38 Å². The number of carbonyl (C=O) groups excluding carboxylic acids is 1. The first kappa shape index (κ1) is 13.7. The second kappa shape index (κ2) is 5.53. The lowest BCUT2D eigenvalue weighted by Gasteiger charge is -2.03. The van der Waals surface area contributed by atoms with Crippen molar-refractivity contribution in [2.45, 2.75) is 0 Å². The van der Waals surface area contributed by atoms with Crippen molar-refractivity contribution < 1.29 is 4.79 Å². The van der Waals surface area contributed by atoms with Crippen LogP contribution in [0, 0.1) is 0 Å². The van der Waals surface area contributed by atoms with Crippen LogP contribution >= 0.6 is 70.7 Å². The average Bonchev–Trinajstić information content (AvgIpc) is 2.62. The average molecular weight is 459 g/mol. The van der Waals surface area contributed by atoms with E-state index in [1.165, 1.54) is 11.3 Å². The molecule has 0 atom stereocenters. The number of carbonyl (C=O) groups is 1. The van der Waals surface area contributed by atoms with Crippen molar-refractivity contribution >= 4 is 76.5 Å². The quantitative estimate of drug-likeness (QED) is 0.510. The predicted molar refractivity (Wildman–Crippen MR) is 82.3 cm³/mol. The van der Waals surface area contributed by atoms with Crippen molar-refractivity contribution in [1.82, 2.24) is 0 Å². The topological polar surface area (TPSA) is 17.1 Å². The summed E-state index contributed by atoms with van der Waals surface area (Å²) < 4.78 is 2.40. The van der Waals surface area contributed by atoms with Crippen molar-refractivity contribution in [3.05, 3.63) is 52.5 Å². The number of thiophene rings is 1. The minimum absolute atomic E-state index is 0.0537. The Hall–Kier alpha value is 0.320. The molecule has 1 heterocycles. The summed E-state index contributed by atoms with van der Waals surface area (Å²) in [5.41, 5.74) is 0.563. The second-order valence-corrected chi connectivity index (χ2v) is 7.00. The molecule has 1 aromatic carbocycles. The molecule has 0 N–H and O–H groups in total. The number of rotatable bonds is 2. The number of benzene rings is 1. The maximum absolute atomic E-state index is 12.3. The van der Waals surface area contributed by atoms with Gasteiger partial charge in [0.15, 0.2) is 0 Å². The van der Waals surface area contributed by atoms with Crippen molar-refractivity contribution in [1.29, 1.82) is 0 Å². The van der Waals surface area contributed by atoms with Gasteiger partial charge in [-0.05, 0) is 50.1 Å². The fraction of sp³-hybridized carbons (Fsp3) is 0. The maximum Gasteiger partial charge on any atom is 0.205 e. The Kier molecular flexibility index (Phi) is 4.47. The molecule has 0 aliphatic rings. The highest BCUT2D eigenvalue weighted by Gasteiger charge is 2.19. The molecule has 0 saturated heterocycles. The van der Waals surface area contributed by atoms with Crippen LogP contribution in [0.5, 0.6) is 0 Å². The molecule has 0 radical (unpaired) electrons. The number of hydrogen-bond donors (Lipinski definition) is 0. The molecule has 2 aromatic rings. The first-order valence-electron chi connectivity index (χ1n) is 4.43. The van der Waals surface area contributed by atoms with Gasteiger partial charge in [-0.2, -0.15) is 0 Å². The molecular formula is C11H4Br3ClOS. The molecule has 0 saturated carbocycles. The van der Waals surface area contributed by atoms with Crippen molar-refractivity contribution in [3.8, 4) is 0 Å². The van der Waals surface area contributed by atoms with Gasteiger partial charge in [-0.25, -0.2) is 0 Å². The zero-order valence-corrected chi connectivity index (χ0v) is 14.5. The van der Waals surface area contributed by atoms with Gasteiger partial charge in [-0.15, -0.1) is 11.3 Å². The number of ketones is 1. The van der Waals surface area contributed by atoms with Crippen LogP contribution in [0.1, 0.15) is 15.2 Å². The fourth-order valence-corrected chi connectivity index (χ4v) is 3.97. The molecule has 88 valence electrons. The molecule has 0 fully saturated rings. The van der Waals surface area contributed by atoms with Gasteiger partial charge in [0.25, 0.3) is 0 Å². The number of halogens is 4. The predicted octanol–water partition coefficient (Wildman–Crippen LogP) is 5.92. The third-order valence-corrected chi connectivity index (χ3v) is 6.52. The van der Waals surface area contributed by atoms with Crippen LogP contribution in [0.4, 0.5) is 0 Å². The Morgan fingerprint density at radius 3 is 2.47 bits per heavy atom. The molecule has 1 nitrogen and oxygen atoms in total. The van der Waals surface area contributed by atoms with Gasteiger partial charge < -0.3 is 0 Å². The van der Waals surface area contributed by atoms with Crippen LogP contribution in [0.2, 0.25) is 5.02 Å². The lowest BCUT2D eigenvalue weighted by atomic mass is 10.1. The summed E-state index contributed by atoms with van der Waals surface area (Å²) >= 11 is 17.4. The number of hydrogen-bond acceptors (Lipinski definition) is 2. The van der Waals surface area contributed by atoms with Crippen molar-refractivity contribution in [2.75, 3.05) is 0 Å². The van der Waals surface area contributed by atoms with Crippen LogP contribution in [0.3, 0.4) is 0 Å². The Morgan fingerprint density at radius 2 is 1.88 bits per heavy atom. The summed E-state index contributed by atoms with van der Waals surface area (Å²) in [7, 11) is 0. The summed E-state index contributed by atoms with van der Waals surface area (Å²) in [6.45, 7) is 0. The van der Waals surface area contributed by atoms with Crippen LogP contribution in [0.25, 0.3) is 0 Å². The minimum Gasteiger partial charge on any atom is -0.288 e. The Labute approximate surface area is 133 Å². The van der Waals surface area contributed by atoms with Gasteiger partial charge in [0, 0.05) is 24.9 Å². The normalized spacial score (nSPS) is 10.6. The SMILES string of the molecule is O=C(c1cc(Cl)ccc1Br)c1scc(Br)c1Br. The van der Waals surface area contributed by atoms with E-state index in [4.69, 9.17) is 11.6 Å². The highest BCUT2D eigenvalue weighted by molar-refractivity contribution is 9.13. The molecule has 17 heavy (non-hydrogen) atoms. The lowest BCUT2D eigenvalue weighted by Crippen LogP contribution is -2.00. The van der Waals surface area contributed by atoms with Crippen LogP contribution in [-0.4, -0.2) is 5.78 Å². The maximum atomic E-state index is 12.3. The molecular weight excluding hydrogens is 455 g/mol. The largest absolute Gasteiger partial charge is 0.288 e. The minimum atomic E-state index is -0.0537. The fourth-order valence-electron chi connectivity index (χ4n) is 1.27. The molecule has 0 amide bonds. The second-order valence-electron chi connectivity index (χ2n) is 3.18. The Morgan fingerprint density at radius 1 is 1.18 bits per heavy atom. The van der Waals surface area contributed by atoms with Gasteiger partial charge in [0.1, 0.15) is 0 Å². The molecule has 2 rings (SSSR count). The van der Waals surface area contributed by atoms with E-state index in [2.05, 4.69) is 47.8 Å². The highest BCUT2D eigenvalue weighted by atomic mass is 79.9. The third-order valence-electron chi connectivity index (χ3n) is 2.07. The van der Waals surface area contributed by atoms with Crippen LogP contribution < -0.4 is 0 Å². The third kappa shape index (κ3) is 2.84. The van der Waals surface area contributed by atoms with Crippen LogP contribution in [-0.2, 0) is 0 Å². The van der Waals surface area contributed by atoms with E-state index in [0.29, 0.717) is 15.5 Å². The van der Waals surface area contributed by atoms with Crippen LogP contribution in [0.15, 0.2) is 37.0 Å². The molecule has 0 unspecified atom stereocenters. The van der Waals surface area contributed by atoms with E-state index in [1.54, 1.807) is 18.2 Å². The summed E-state index contributed by atoms with van der Waals surface area (Å²) in [6, 6.07) is 5.17. The molecule has 6 heteroatoms. The van der Waals surface area contributed by atoms with Gasteiger partial charge in [-0.3, -0.25) is 4.79 Å². The van der Waals surface area contributed by atoms with E-state index >= 15 is 0 Å². The Balaban J connectivity index is 2.51. The zero-order chi connectivity index (χ0) is 12.6. The molecule has 0 aliphatic heterocycles. The van der Waals surface area contributed by atoms with E-state index in [-0.39, 0.29) is 5.78 Å². The van der Waals surface area contributed by atoms with Gasteiger partial charge in [0.05, 0.1) is 9.35 Å². The van der Waals surface area contributed by atoms with Gasteiger partial charge in [0.2, 0.25) is 5.78 Å². The first-order chi connectivity index (χ1) is 8.00. The smallest absolute Gasteiger partial charge is 0.205 e. The summed E-state index contributed by atoms with van der Waals surface area (Å²) in [5, 5.41) is 2.42. The summed E-state index contributed by atoms with van der Waals surface area (Å²) in [4.78, 5) is 13.0. The van der Waals surface area contributed by atoms with Crippen molar-refractivity contribution in [3.63, 3.8) is 0 Å². The monoisotopic (exact) mass is 456 g/mol. The van der Waals surface area contributed by atoms with Gasteiger partial charge in [-0.1, -0.05) is 27.5 Å². The lowest BCUT2D eigenvalue weighted by molar-refractivity contribution is 0.104.